The molecule has 0 radical (unpaired) electrons. The first-order chi connectivity index (χ1) is 6.61. The lowest BCUT2D eigenvalue weighted by Gasteiger charge is -2.09. The normalized spacial score (nSPS) is 10.5. The highest BCUT2D eigenvalue weighted by Crippen LogP contribution is 2.19. The van der Waals surface area contributed by atoms with Crippen LogP contribution in [0.3, 0.4) is 0 Å². The van der Waals surface area contributed by atoms with Crippen molar-refractivity contribution in [1.82, 2.24) is 4.90 Å². The summed E-state index contributed by atoms with van der Waals surface area (Å²) in [6.07, 6.45) is 0. The average molecular weight is 214 g/mol. The lowest BCUT2D eigenvalue weighted by atomic mass is 10.4. The van der Waals surface area contributed by atoms with Crippen LogP contribution in [0.5, 0.6) is 0 Å². The average Bonchev–Trinajstić information content (AvgIpc) is 2.50. The van der Waals surface area contributed by atoms with Crippen molar-refractivity contribution in [2.75, 3.05) is 33.0 Å². The van der Waals surface area contributed by atoms with Gasteiger partial charge in [-0.2, -0.15) is 0 Å². The summed E-state index contributed by atoms with van der Waals surface area (Å²) in [4.78, 5) is 13.8. The van der Waals surface area contributed by atoms with Gasteiger partial charge in [-0.1, -0.05) is 0 Å². The number of hydrogen-bond donors (Lipinski definition) is 1. The van der Waals surface area contributed by atoms with Gasteiger partial charge in [-0.05, 0) is 25.5 Å². The van der Waals surface area contributed by atoms with E-state index >= 15 is 0 Å². The van der Waals surface area contributed by atoms with Crippen LogP contribution in [0.25, 0.3) is 0 Å². The second-order valence-electron chi connectivity index (χ2n) is 3.14. The Bertz CT molecular complexity index is 310. The third-order valence-corrected chi connectivity index (χ3v) is 2.56. The van der Waals surface area contributed by atoms with E-state index in [0.29, 0.717) is 17.2 Å². The summed E-state index contributed by atoms with van der Waals surface area (Å²) in [6.45, 7) is 1.11. The van der Waals surface area contributed by atoms with E-state index < -0.39 is 0 Å². The summed E-state index contributed by atoms with van der Waals surface area (Å²) in [7, 11) is 3.85. The van der Waals surface area contributed by atoms with E-state index in [-0.39, 0.29) is 5.97 Å². The van der Waals surface area contributed by atoms with Crippen LogP contribution in [-0.4, -0.2) is 38.1 Å². The van der Waals surface area contributed by atoms with Crippen molar-refractivity contribution in [3.63, 3.8) is 0 Å². The summed E-state index contributed by atoms with van der Waals surface area (Å²) in [5.74, 6) is -0.334. The van der Waals surface area contributed by atoms with E-state index in [2.05, 4.69) is 0 Å². The topological polar surface area (TPSA) is 55.6 Å². The number of rotatable bonds is 4. The van der Waals surface area contributed by atoms with Crippen molar-refractivity contribution in [3.05, 3.63) is 16.3 Å². The molecule has 0 bridgehead atoms. The molecule has 1 aromatic heterocycles. The van der Waals surface area contributed by atoms with Crippen molar-refractivity contribution in [1.29, 1.82) is 0 Å². The Morgan fingerprint density at radius 1 is 1.64 bits per heavy atom. The lowest BCUT2D eigenvalue weighted by Crippen LogP contribution is -2.20. The lowest BCUT2D eigenvalue weighted by molar-refractivity contribution is 0.0489. The van der Waals surface area contributed by atoms with Crippen molar-refractivity contribution >= 4 is 23.0 Å². The van der Waals surface area contributed by atoms with Gasteiger partial charge in [-0.3, -0.25) is 0 Å². The molecule has 14 heavy (non-hydrogen) atoms. The van der Waals surface area contributed by atoms with Crippen molar-refractivity contribution in [2.24, 2.45) is 0 Å². The Hall–Kier alpha value is -1.07. The van der Waals surface area contributed by atoms with E-state index in [1.807, 2.05) is 19.0 Å². The van der Waals surface area contributed by atoms with Crippen LogP contribution in [0.15, 0.2) is 11.4 Å². The zero-order valence-electron chi connectivity index (χ0n) is 8.32. The molecule has 1 rings (SSSR count). The SMILES string of the molecule is CN(C)CCOC(=O)c1sccc1N. The molecule has 4 nitrogen and oxygen atoms in total. The number of likely N-dealkylation sites (N-methyl/N-ethyl adjacent to an activating group) is 1. The minimum atomic E-state index is -0.334. The fourth-order valence-corrected chi connectivity index (χ4v) is 1.58. The molecule has 0 fully saturated rings. The second kappa shape index (κ2) is 4.97. The number of ether oxygens (including phenoxy) is 1. The summed E-state index contributed by atoms with van der Waals surface area (Å²) < 4.78 is 5.03. The van der Waals surface area contributed by atoms with Gasteiger partial charge < -0.3 is 15.4 Å². The summed E-state index contributed by atoms with van der Waals surface area (Å²) in [5.41, 5.74) is 6.06. The molecule has 1 heterocycles. The van der Waals surface area contributed by atoms with Gasteiger partial charge in [0.1, 0.15) is 11.5 Å². The Kier molecular flexibility index (Phi) is 3.91. The predicted octanol–water partition coefficient (Wildman–Crippen LogP) is 1.05. The number of anilines is 1. The number of thiophene rings is 1. The van der Waals surface area contributed by atoms with Crippen LogP contribution >= 0.6 is 11.3 Å². The molecule has 0 aliphatic rings. The molecule has 2 N–H and O–H groups in total. The summed E-state index contributed by atoms with van der Waals surface area (Å²) in [5, 5.41) is 1.78. The molecule has 0 saturated heterocycles. The van der Waals surface area contributed by atoms with Gasteiger partial charge in [0.25, 0.3) is 0 Å². The quantitative estimate of drug-likeness (QED) is 0.761. The highest BCUT2D eigenvalue weighted by molar-refractivity contribution is 7.12. The molecule has 0 atom stereocenters. The van der Waals surface area contributed by atoms with Crippen molar-refractivity contribution in [3.8, 4) is 0 Å². The van der Waals surface area contributed by atoms with Gasteiger partial charge in [0.15, 0.2) is 0 Å². The molecular formula is C9H14N2O2S. The minimum absolute atomic E-state index is 0.334. The monoisotopic (exact) mass is 214 g/mol. The standard InChI is InChI=1S/C9H14N2O2S/c1-11(2)4-5-13-9(12)8-7(10)3-6-14-8/h3,6H,4-5,10H2,1-2H3. The summed E-state index contributed by atoms with van der Waals surface area (Å²) in [6, 6.07) is 1.70. The third kappa shape index (κ3) is 3.01. The van der Waals surface area contributed by atoms with E-state index in [0.717, 1.165) is 6.54 Å². The van der Waals surface area contributed by atoms with Crippen LogP contribution in [0.2, 0.25) is 0 Å². The Morgan fingerprint density at radius 3 is 2.86 bits per heavy atom. The number of carbonyl (C=O) groups is 1. The van der Waals surface area contributed by atoms with Gasteiger partial charge in [0.05, 0.1) is 5.69 Å². The maximum absolute atomic E-state index is 11.4. The Balaban J connectivity index is 2.40. The number of hydrogen-bond acceptors (Lipinski definition) is 5. The zero-order chi connectivity index (χ0) is 10.6. The highest BCUT2D eigenvalue weighted by atomic mass is 32.1. The van der Waals surface area contributed by atoms with Crippen LogP contribution in [-0.2, 0) is 4.74 Å². The largest absolute Gasteiger partial charge is 0.460 e. The van der Waals surface area contributed by atoms with Gasteiger partial charge in [0.2, 0.25) is 0 Å². The number of nitrogen functional groups attached to an aromatic ring is 1. The zero-order valence-corrected chi connectivity index (χ0v) is 9.13. The molecule has 0 aliphatic carbocycles. The maximum atomic E-state index is 11.4. The van der Waals surface area contributed by atoms with Crippen molar-refractivity contribution < 1.29 is 9.53 Å². The molecule has 78 valence electrons. The van der Waals surface area contributed by atoms with Gasteiger partial charge in [-0.15, -0.1) is 11.3 Å². The van der Waals surface area contributed by atoms with Crippen molar-refractivity contribution in [2.45, 2.75) is 0 Å². The molecule has 5 heteroatoms. The molecular weight excluding hydrogens is 200 g/mol. The first kappa shape index (κ1) is 11.0. The number of esters is 1. The summed E-state index contributed by atoms with van der Waals surface area (Å²) >= 11 is 1.30. The molecule has 1 aromatic rings. The van der Waals surface area contributed by atoms with Gasteiger partial charge in [0, 0.05) is 6.54 Å². The van der Waals surface area contributed by atoms with Crippen LogP contribution in [0, 0.1) is 0 Å². The Morgan fingerprint density at radius 2 is 2.36 bits per heavy atom. The van der Waals surface area contributed by atoms with Crippen LogP contribution in [0.1, 0.15) is 9.67 Å². The minimum Gasteiger partial charge on any atom is -0.460 e. The highest BCUT2D eigenvalue weighted by Gasteiger charge is 2.12. The molecule has 0 aromatic carbocycles. The smallest absolute Gasteiger partial charge is 0.350 e. The Labute approximate surface area is 87.3 Å². The fourth-order valence-electron chi connectivity index (χ4n) is 0.872. The van der Waals surface area contributed by atoms with E-state index in [1.165, 1.54) is 11.3 Å². The molecule has 0 spiro atoms. The predicted molar refractivity (Wildman–Crippen MR) is 57.6 cm³/mol. The molecule has 0 aliphatic heterocycles. The van der Waals surface area contributed by atoms with Crippen LogP contribution in [0.4, 0.5) is 5.69 Å². The van der Waals surface area contributed by atoms with E-state index in [4.69, 9.17) is 10.5 Å². The molecule has 0 unspecified atom stereocenters. The van der Waals surface area contributed by atoms with Crippen LogP contribution < -0.4 is 5.73 Å². The molecule has 0 amide bonds. The third-order valence-electron chi connectivity index (χ3n) is 1.65. The van der Waals surface area contributed by atoms with Gasteiger partial charge in [-0.25, -0.2) is 4.79 Å². The second-order valence-corrected chi connectivity index (χ2v) is 4.06. The van der Waals surface area contributed by atoms with E-state index in [1.54, 1.807) is 11.4 Å². The number of nitrogens with two attached hydrogens (primary N) is 1. The van der Waals surface area contributed by atoms with Gasteiger partial charge >= 0.3 is 5.97 Å². The number of carbonyl (C=O) groups excluding carboxylic acids is 1. The first-order valence-electron chi connectivity index (χ1n) is 4.26. The first-order valence-corrected chi connectivity index (χ1v) is 5.14. The van der Waals surface area contributed by atoms with E-state index in [9.17, 15) is 4.79 Å². The number of nitrogens with zero attached hydrogens (tertiary/aromatic N) is 1. The molecule has 0 saturated carbocycles. The maximum Gasteiger partial charge on any atom is 0.350 e. The fraction of sp³-hybridized carbons (Fsp3) is 0.444.